The Bertz CT molecular complexity index is 426. The van der Waals surface area contributed by atoms with E-state index in [1.54, 1.807) is 6.92 Å². The molecule has 0 aliphatic rings. The van der Waals surface area contributed by atoms with Crippen molar-refractivity contribution in [3.05, 3.63) is 28.8 Å². The molecule has 18 heavy (non-hydrogen) atoms. The third-order valence-electron chi connectivity index (χ3n) is 2.72. The highest BCUT2D eigenvalue weighted by Crippen LogP contribution is 2.37. The molecule has 0 radical (unpaired) electrons. The van der Waals surface area contributed by atoms with Crippen molar-refractivity contribution in [3.63, 3.8) is 0 Å². The largest absolute Gasteiger partial charge is 0.418 e. The maximum Gasteiger partial charge on any atom is 0.418 e. The van der Waals surface area contributed by atoms with E-state index in [0.717, 1.165) is 6.07 Å². The van der Waals surface area contributed by atoms with Crippen LogP contribution in [0.3, 0.4) is 0 Å². The number of nitrogens with one attached hydrogen (secondary N) is 1. The molecule has 2 nitrogen and oxygen atoms in total. The van der Waals surface area contributed by atoms with Gasteiger partial charge in [0, 0.05) is 10.7 Å². The normalized spacial score (nSPS) is 14.4. The van der Waals surface area contributed by atoms with Crippen molar-refractivity contribution in [2.24, 2.45) is 0 Å². The zero-order valence-corrected chi connectivity index (χ0v) is 11.0. The van der Waals surface area contributed by atoms with Crippen LogP contribution in [0.4, 0.5) is 18.9 Å². The van der Waals surface area contributed by atoms with Gasteiger partial charge in [0.05, 0.1) is 17.2 Å². The summed E-state index contributed by atoms with van der Waals surface area (Å²) in [5.41, 5.74) is -2.07. The molecule has 1 aromatic rings. The lowest BCUT2D eigenvalue weighted by Crippen LogP contribution is -2.39. The molecule has 1 aromatic carbocycles. The Balaban J connectivity index is 3.10. The fourth-order valence-corrected chi connectivity index (χ4v) is 1.46. The van der Waals surface area contributed by atoms with E-state index in [-0.39, 0.29) is 10.7 Å². The van der Waals surface area contributed by atoms with Crippen LogP contribution >= 0.6 is 11.6 Å². The van der Waals surface area contributed by atoms with E-state index >= 15 is 0 Å². The summed E-state index contributed by atoms with van der Waals surface area (Å²) in [6.07, 6.45) is -4.49. The summed E-state index contributed by atoms with van der Waals surface area (Å²) in [7, 11) is 0. The van der Waals surface area contributed by atoms with Crippen molar-refractivity contribution in [1.29, 1.82) is 0 Å². The van der Waals surface area contributed by atoms with Crippen LogP contribution < -0.4 is 5.32 Å². The molecule has 0 fully saturated rings. The van der Waals surface area contributed by atoms with Crippen LogP contribution in [0.5, 0.6) is 0 Å². The Kier molecular flexibility index (Phi) is 4.18. The van der Waals surface area contributed by atoms with Crippen LogP contribution in [0, 0.1) is 0 Å². The predicted molar refractivity (Wildman–Crippen MR) is 65.8 cm³/mol. The second-order valence-corrected chi connectivity index (χ2v) is 5.14. The fraction of sp³-hybridized carbons (Fsp3) is 0.500. The minimum Gasteiger partial charge on any atom is -0.388 e. The first-order valence-electron chi connectivity index (χ1n) is 5.37. The molecule has 0 aliphatic carbocycles. The first kappa shape index (κ1) is 15.1. The number of hydrogen-bond donors (Lipinski definition) is 2. The van der Waals surface area contributed by atoms with Crippen LogP contribution in [-0.4, -0.2) is 16.7 Å². The summed E-state index contributed by atoms with van der Waals surface area (Å²) in [6, 6.07) is 2.95. The molecule has 1 unspecified atom stereocenters. The Morgan fingerprint density at radius 1 is 1.28 bits per heavy atom. The summed E-state index contributed by atoms with van der Waals surface area (Å²) in [5.74, 6) is 0. The van der Waals surface area contributed by atoms with Crippen LogP contribution in [0.25, 0.3) is 0 Å². The summed E-state index contributed by atoms with van der Waals surface area (Å²) in [6.45, 7) is 4.65. The van der Waals surface area contributed by atoms with E-state index in [9.17, 15) is 18.3 Å². The molecule has 0 amide bonds. The Morgan fingerprint density at radius 2 is 1.83 bits per heavy atom. The van der Waals surface area contributed by atoms with Gasteiger partial charge < -0.3 is 10.4 Å². The lowest BCUT2D eigenvalue weighted by Gasteiger charge is -2.29. The monoisotopic (exact) mass is 281 g/mol. The Hall–Kier alpha value is -0.940. The van der Waals surface area contributed by atoms with Gasteiger partial charge >= 0.3 is 6.18 Å². The van der Waals surface area contributed by atoms with Crippen LogP contribution in [0.1, 0.15) is 26.3 Å². The van der Waals surface area contributed by atoms with E-state index in [0.29, 0.717) is 0 Å². The molecule has 0 spiro atoms. The van der Waals surface area contributed by atoms with Crippen molar-refractivity contribution in [2.45, 2.75) is 38.6 Å². The maximum absolute atomic E-state index is 12.8. The molecule has 1 atom stereocenters. The van der Waals surface area contributed by atoms with Crippen molar-refractivity contribution in [2.75, 3.05) is 5.32 Å². The molecular weight excluding hydrogens is 267 g/mol. The van der Waals surface area contributed by atoms with Crippen molar-refractivity contribution < 1.29 is 18.3 Å². The highest BCUT2D eigenvalue weighted by molar-refractivity contribution is 6.30. The highest BCUT2D eigenvalue weighted by atomic mass is 35.5. The molecule has 0 aromatic heterocycles. The molecule has 6 heteroatoms. The third kappa shape index (κ3) is 3.78. The molecular formula is C12H15ClF3NO. The zero-order chi connectivity index (χ0) is 14.1. The SMILES string of the molecule is CC(Nc1ccc(Cl)cc1C(F)(F)F)C(C)(C)O. The minimum atomic E-state index is -4.49. The highest BCUT2D eigenvalue weighted by Gasteiger charge is 2.35. The second kappa shape index (κ2) is 4.97. The number of halogens is 4. The topological polar surface area (TPSA) is 32.3 Å². The molecule has 0 bridgehead atoms. The van der Waals surface area contributed by atoms with Crippen molar-refractivity contribution in [3.8, 4) is 0 Å². The van der Waals surface area contributed by atoms with Crippen LogP contribution in [-0.2, 0) is 6.18 Å². The van der Waals surface area contributed by atoms with Gasteiger partial charge in [0.2, 0.25) is 0 Å². The predicted octanol–water partition coefficient (Wildman–Crippen LogP) is 3.93. The van der Waals surface area contributed by atoms with E-state index < -0.39 is 23.4 Å². The van der Waals surface area contributed by atoms with Gasteiger partial charge in [0.15, 0.2) is 0 Å². The van der Waals surface area contributed by atoms with Crippen molar-refractivity contribution in [1.82, 2.24) is 0 Å². The number of anilines is 1. The van der Waals surface area contributed by atoms with E-state index in [1.165, 1.54) is 26.0 Å². The summed E-state index contributed by atoms with van der Waals surface area (Å²) >= 11 is 5.57. The van der Waals surface area contributed by atoms with E-state index in [1.807, 2.05) is 0 Å². The van der Waals surface area contributed by atoms with Crippen LogP contribution in [0.2, 0.25) is 5.02 Å². The van der Waals surface area contributed by atoms with Gasteiger partial charge in [-0.05, 0) is 39.0 Å². The molecule has 1 rings (SSSR count). The molecule has 0 aliphatic heterocycles. The number of alkyl halides is 3. The average Bonchev–Trinajstić information content (AvgIpc) is 2.17. The molecule has 0 saturated heterocycles. The van der Waals surface area contributed by atoms with Gasteiger partial charge in [0.1, 0.15) is 0 Å². The Labute approximate surface area is 109 Å². The molecule has 0 saturated carbocycles. The van der Waals surface area contributed by atoms with Gasteiger partial charge in [-0.25, -0.2) is 0 Å². The van der Waals surface area contributed by atoms with Crippen molar-refractivity contribution >= 4 is 17.3 Å². The standard InChI is InChI=1S/C12H15ClF3NO/c1-7(11(2,3)18)17-10-5-4-8(13)6-9(10)12(14,15)16/h4-7,17-18H,1-3H3. The minimum absolute atomic E-state index is 0.0174. The fourth-order valence-electron chi connectivity index (χ4n) is 1.29. The number of aliphatic hydroxyl groups is 1. The number of benzene rings is 1. The lowest BCUT2D eigenvalue weighted by molar-refractivity contribution is -0.137. The van der Waals surface area contributed by atoms with Gasteiger partial charge in [-0.15, -0.1) is 0 Å². The zero-order valence-electron chi connectivity index (χ0n) is 10.3. The van der Waals surface area contributed by atoms with E-state index in [2.05, 4.69) is 5.32 Å². The van der Waals surface area contributed by atoms with Gasteiger partial charge in [-0.1, -0.05) is 11.6 Å². The first-order chi connectivity index (χ1) is 8.01. The first-order valence-corrected chi connectivity index (χ1v) is 5.75. The number of rotatable bonds is 3. The third-order valence-corrected chi connectivity index (χ3v) is 2.95. The smallest absolute Gasteiger partial charge is 0.388 e. The summed E-state index contributed by atoms with van der Waals surface area (Å²) < 4.78 is 38.4. The number of hydrogen-bond acceptors (Lipinski definition) is 2. The lowest BCUT2D eigenvalue weighted by atomic mass is 10.00. The Morgan fingerprint density at radius 3 is 2.28 bits per heavy atom. The average molecular weight is 282 g/mol. The molecule has 2 N–H and O–H groups in total. The maximum atomic E-state index is 12.8. The quantitative estimate of drug-likeness (QED) is 0.880. The van der Waals surface area contributed by atoms with E-state index in [4.69, 9.17) is 11.6 Å². The van der Waals surface area contributed by atoms with Gasteiger partial charge in [0.25, 0.3) is 0 Å². The van der Waals surface area contributed by atoms with Gasteiger partial charge in [-0.3, -0.25) is 0 Å². The van der Waals surface area contributed by atoms with Crippen LogP contribution in [0.15, 0.2) is 18.2 Å². The summed E-state index contributed by atoms with van der Waals surface area (Å²) in [5, 5.41) is 12.4. The second-order valence-electron chi connectivity index (χ2n) is 4.71. The molecule has 102 valence electrons. The summed E-state index contributed by atoms with van der Waals surface area (Å²) in [4.78, 5) is 0. The molecule has 0 heterocycles. The van der Waals surface area contributed by atoms with Gasteiger partial charge in [-0.2, -0.15) is 13.2 Å².